The summed E-state index contributed by atoms with van der Waals surface area (Å²) in [5.41, 5.74) is 6.58. The van der Waals surface area contributed by atoms with Crippen molar-refractivity contribution in [2.45, 2.75) is 0 Å². The number of nitrogens with two attached hydrogens (primary N) is 1. The van der Waals surface area contributed by atoms with Gasteiger partial charge < -0.3 is 20.8 Å². The van der Waals surface area contributed by atoms with E-state index in [0.717, 1.165) is 11.4 Å². The van der Waals surface area contributed by atoms with E-state index in [2.05, 4.69) is 10.3 Å². The third-order valence-electron chi connectivity index (χ3n) is 2.34. The van der Waals surface area contributed by atoms with Crippen molar-refractivity contribution in [3.05, 3.63) is 48.3 Å². The molecule has 5 heteroatoms. The summed E-state index contributed by atoms with van der Waals surface area (Å²) >= 11 is 0. The van der Waals surface area contributed by atoms with Gasteiger partial charge in [0.25, 0.3) is 5.91 Å². The summed E-state index contributed by atoms with van der Waals surface area (Å²) in [6, 6.07) is 10.6. The topological polar surface area (TPSA) is 80.1 Å². The molecule has 1 aromatic heterocycles. The maximum Gasteiger partial charge on any atom is 0.272 e. The van der Waals surface area contributed by atoms with Crippen LogP contribution in [-0.2, 0) is 0 Å². The lowest BCUT2D eigenvalue weighted by atomic mass is 10.3. The van der Waals surface area contributed by atoms with Crippen LogP contribution < -0.4 is 15.8 Å². The molecule has 0 atom stereocenters. The maximum absolute atomic E-state index is 11.7. The van der Waals surface area contributed by atoms with Crippen molar-refractivity contribution in [1.82, 2.24) is 4.98 Å². The van der Waals surface area contributed by atoms with Crippen molar-refractivity contribution < 1.29 is 9.53 Å². The second-order valence-corrected chi connectivity index (χ2v) is 3.70. The normalized spacial score (nSPS) is 10.1. The Bertz CT molecular complexity index is 491. The molecule has 0 aliphatic carbocycles. The number of ether oxygens (including phenoxy) is 1. The lowest BCUT2D eigenvalue weighted by molar-refractivity contribution is 0.102. The zero-order chi connectivity index (χ0) is 12.8. The Kier molecular flexibility index (Phi) is 3.98. The molecule has 2 aromatic rings. The Morgan fingerprint density at radius 3 is 2.67 bits per heavy atom. The summed E-state index contributed by atoms with van der Waals surface area (Å²) < 4.78 is 5.34. The molecule has 0 aliphatic heterocycles. The molecule has 0 unspecified atom stereocenters. The largest absolute Gasteiger partial charge is 0.492 e. The van der Waals surface area contributed by atoms with E-state index in [4.69, 9.17) is 10.5 Å². The number of hydrogen-bond donors (Lipinski definition) is 3. The highest BCUT2D eigenvalue weighted by molar-refractivity contribution is 6.02. The molecule has 0 saturated heterocycles. The van der Waals surface area contributed by atoms with E-state index in [1.54, 1.807) is 42.6 Å². The first-order valence-corrected chi connectivity index (χ1v) is 5.67. The molecule has 1 amide bonds. The lowest BCUT2D eigenvalue weighted by Gasteiger charge is -2.06. The molecule has 0 saturated carbocycles. The number of aromatic nitrogens is 1. The zero-order valence-corrected chi connectivity index (χ0v) is 9.85. The number of nitrogens with one attached hydrogen (secondary N) is 2. The van der Waals surface area contributed by atoms with Crippen LogP contribution in [0.3, 0.4) is 0 Å². The number of anilines is 1. The Labute approximate surface area is 105 Å². The summed E-state index contributed by atoms with van der Waals surface area (Å²) in [6.45, 7) is 0.958. The standard InChI is InChI=1S/C13H15N3O2/c14-7-9-18-11-5-3-10(4-6-11)16-13(17)12-2-1-8-15-12/h1-6,8,15H,7,9,14H2,(H,16,17). The Morgan fingerprint density at radius 1 is 1.28 bits per heavy atom. The van der Waals surface area contributed by atoms with E-state index in [1.807, 2.05) is 0 Å². The van der Waals surface area contributed by atoms with E-state index in [-0.39, 0.29) is 5.91 Å². The van der Waals surface area contributed by atoms with Gasteiger partial charge in [0, 0.05) is 18.4 Å². The molecular weight excluding hydrogens is 230 g/mol. The van der Waals surface area contributed by atoms with E-state index in [0.29, 0.717) is 18.8 Å². The molecule has 5 nitrogen and oxygen atoms in total. The first-order chi connectivity index (χ1) is 8.79. The van der Waals surface area contributed by atoms with Gasteiger partial charge in [-0.1, -0.05) is 0 Å². The Balaban J connectivity index is 1.96. The fraction of sp³-hybridized carbons (Fsp3) is 0.154. The minimum absolute atomic E-state index is 0.171. The number of carbonyl (C=O) groups excluding carboxylic acids is 1. The molecule has 2 rings (SSSR count). The summed E-state index contributed by atoms with van der Waals surface area (Å²) in [6.07, 6.45) is 1.71. The van der Waals surface area contributed by atoms with Gasteiger partial charge in [-0.2, -0.15) is 0 Å². The monoisotopic (exact) mass is 245 g/mol. The van der Waals surface area contributed by atoms with Gasteiger partial charge in [-0.25, -0.2) is 0 Å². The van der Waals surface area contributed by atoms with Crippen LogP contribution in [0.4, 0.5) is 5.69 Å². The van der Waals surface area contributed by atoms with E-state index < -0.39 is 0 Å². The summed E-state index contributed by atoms with van der Waals surface area (Å²) in [5.74, 6) is 0.564. The van der Waals surface area contributed by atoms with Crippen molar-refractivity contribution in [3.63, 3.8) is 0 Å². The van der Waals surface area contributed by atoms with Gasteiger partial charge in [0.15, 0.2) is 0 Å². The van der Waals surface area contributed by atoms with Crippen LogP contribution >= 0.6 is 0 Å². The molecule has 0 radical (unpaired) electrons. The average molecular weight is 245 g/mol. The van der Waals surface area contributed by atoms with E-state index >= 15 is 0 Å². The molecular formula is C13H15N3O2. The second kappa shape index (κ2) is 5.88. The molecule has 94 valence electrons. The number of aromatic amines is 1. The zero-order valence-electron chi connectivity index (χ0n) is 9.85. The van der Waals surface area contributed by atoms with Crippen LogP contribution in [-0.4, -0.2) is 24.0 Å². The van der Waals surface area contributed by atoms with Gasteiger partial charge in [-0.05, 0) is 36.4 Å². The van der Waals surface area contributed by atoms with E-state index in [9.17, 15) is 4.79 Å². The van der Waals surface area contributed by atoms with Crippen LogP contribution in [0.25, 0.3) is 0 Å². The highest BCUT2D eigenvalue weighted by Gasteiger charge is 2.05. The molecule has 4 N–H and O–H groups in total. The third kappa shape index (κ3) is 3.11. The van der Waals surface area contributed by atoms with Gasteiger partial charge in [-0.15, -0.1) is 0 Å². The van der Waals surface area contributed by atoms with Gasteiger partial charge in [0.1, 0.15) is 18.1 Å². The minimum atomic E-state index is -0.171. The SMILES string of the molecule is NCCOc1ccc(NC(=O)c2ccc[nH]2)cc1. The second-order valence-electron chi connectivity index (χ2n) is 3.70. The highest BCUT2D eigenvalue weighted by Crippen LogP contribution is 2.16. The highest BCUT2D eigenvalue weighted by atomic mass is 16.5. The van der Waals surface area contributed by atoms with E-state index in [1.165, 1.54) is 0 Å². The predicted molar refractivity (Wildman–Crippen MR) is 69.7 cm³/mol. The molecule has 0 spiro atoms. The number of carbonyl (C=O) groups is 1. The smallest absolute Gasteiger partial charge is 0.272 e. The third-order valence-corrected chi connectivity index (χ3v) is 2.34. The van der Waals surface area contributed by atoms with Crippen LogP contribution in [0.1, 0.15) is 10.5 Å². The summed E-state index contributed by atoms with van der Waals surface area (Å²) in [7, 11) is 0. The van der Waals surface area contributed by atoms with Gasteiger partial charge in [0.05, 0.1) is 0 Å². The van der Waals surface area contributed by atoms with Crippen LogP contribution in [0.2, 0.25) is 0 Å². The summed E-state index contributed by atoms with van der Waals surface area (Å²) in [4.78, 5) is 14.6. The van der Waals surface area contributed by atoms with Gasteiger partial charge in [-0.3, -0.25) is 4.79 Å². The molecule has 0 bridgehead atoms. The van der Waals surface area contributed by atoms with Gasteiger partial charge in [0.2, 0.25) is 0 Å². The fourth-order valence-electron chi connectivity index (χ4n) is 1.48. The van der Waals surface area contributed by atoms with Crippen LogP contribution in [0, 0.1) is 0 Å². The molecule has 0 fully saturated rings. The van der Waals surface area contributed by atoms with Crippen molar-refractivity contribution in [2.24, 2.45) is 5.73 Å². The molecule has 0 aliphatic rings. The molecule has 1 heterocycles. The lowest BCUT2D eigenvalue weighted by Crippen LogP contribution is -2.12. The van der Waals surface area contributed by atoms with Crippen molar-refractivity contribution in [1.29, 1.82) is 0 Å². The predicted octanol–water partition coefficient (Wildman–Crippen LogP) is 1.60. The number of hydrogen-bond acceptors (Lipinski definition) is 3. The van der Waals surface area contributed by atoms with Crippen molar-refractivity contribution in [3.8, 4) is 5.75 Å². The Hall–Kier alpha value is -2.27. The fourth-order valence-corrected chi connectivity index (χ4v) is 1.48. The minimum Gasteiger partial charge on any atom is -0.492 e. The van der Waals surface area contributed by atoms with Crippen molar-refractivity contribution >= 4 is 11.6 Å². The average Bonchev–Trinajstić information content (AvgIpc) is 2.92. The number of benzene rings is 1. The number of rotatable bonds is 5. The van der Waals surface area contributed by atoms with Crippen molar-refractivity contribution in [2.75, 3.05) is 18.5 Å². The maximum atomic E-state index is 11.7. The quantitative estimate of drug-likeness (QED) is 0.748. The molecule has 1 aromatic carbocycles. The van der Waals surface area contributed by atoms with Crippen LogP contribution in [0.5, 0.6) is 5.75 Å². The first-order valence-electron chi connectivity index (χ1n) is 5.67. The summed E-state index contributed by atoms with van der Waals surface area (Å²) in [5, 5.41) is 2.78. The first kappa shape index (κ1) is 12.2. The molecule has 18 heavy (non-hydrogen) atoms. The van der Waals surface area contributed by atoms with Crippen LogP contribution in [0.15, 0.2) is 42.6 Å². The number of H-pyrrole nitrogens is 1. The number of amides is 1. The van der Waals surface area contributed by atoms with Gasteiger partial charge >= 0.3 is 0 Å². The Morgan fingerprint density at radius 2 is 2.06 bits per heavy atom.